The molecule has 6 heteroatoms. The molecule has 0 heterocycles. The predicted octanol–water partition coefficient (Wildman–Crippen LogP) is 2.44. The van der Waals surface area contributed by atoms with E-state index in [1.807, 2.05) is 0 Å². The minimum absolute atomic E-state index is 0.526. The Labute approximate surface area is 107 Å². The first-order valence-corrected chi connectivity index (χ1v) is 5.80. The Morgan fingerprint density at radius 2 is 1.06 bits per heavy atom. The first kappa shape index (κ1) is 16.5. The lowest BCUT2D eigenvalue weighted by Gasteiger charge is -2.26. The standard InChI is InChI=1S/C12H22N2O4/c1-7(11(3,4)9(15)16)13-14-8(2)12(5,6)10(17)18/h7-8H,1-6H3,(H,15,16)(H,17,18)/b14-13+. The lowest BCUT2D eigenvalue weighted by Crippen LogP contribution is -2.36. The smallest absolute Gasteiger partial charge is 0.311 e. The van der Waals surface area contributed by atoms with Crippen LogP contribution in [0.15, 0.2) is 10.2 Å². The molecular weight excluding hydrogens is 236 g/mol. The number of hydrogen-bond acceptors (Lipinski definition) is 4. The molecule has 0 aliphatic carbocycles. The molecule has 0 rings (SSSR count). The van der Waals surface area contributed by atoms with Crippen molar-refractivity contribution in [2.75, 3.05) is 0 Å². The topological polar surface area (TPSA) is 99.3 Å². The van der Waals surface area contributed by atoms with Gasteiger partial charge in [0.15, 0.2) is 0 Å². The molecule has 6 nitrogen and oxygen atoms in total. The highest BCUT2D eigenvalue weighted by molar-refractivity contribution is 5.75. The second-order valence-electron chi connectivity index (χ2n) is 5.64. The highest BCUT2D eigenvalue weighted by atomic mass is 16.4. The Balaban J connectivity index is 4.87. The fourth-order valence-corrected chi connectivity index (χ4v) is 0.846. The van der Waals surface area contributed by atoms with Crippen molar-refractivity contribution < 1.29 is 19.8 Å². The van der Waals surface area contributed by atoms with Gasteiger partial charge in [-0.15, -0.1) is 0 Å². The minimum atomic E-state index is -1.03. The average molecular weight is 258 g/mol. The van der Waals surface area contributed by atoms with Crippen LogP contribution in [-0.2, 0) is 9.59 Å². The van der Waals surface area contributed by atoms with Crippen LogP contribution in [0.1, 0.15) is 41.5 Å². The van der Waals surface area contributed by atoms with Gasteiger partial charge in [0.1, 0.15) is 0 Å². The zero-order valence-electron chi connectivity index (χ0n) is 11.8. The molecule has 0 aliphatic heterocycles. The molecule has 0 saturated carbocycles. The Morgan fingerprint density at radius 1 is 0.833 bits per heavy atom. The van der Waals surface area contributed by atoms with Gasteiger partial charge < -0.3 is 10.2 Å². The van der Waals surface area contributed by atoms with Crippen molar-refractivity contribution in [1.82, 2.24) is 0 Å². The van der Waals surface area contributed by atoms with Crippen molar-refractivity contribution in [2.45, 2.75) is 53.6 Å². The van der Waals surface area contributed by atoms with Gasteiger partial charge in [-0.05, 0) is 41.5 Å². The molecule has 104 valence electrons. The van der Waals surface area contributed by atoms with E-state index in [1.54, 1.807) is 41.5 Å². The van der Waals surface area contributed by atoms with E-state index < -0.39 is 34.9 Å². The zero-order valence-corrected chi connectivity index (χ0v) is 11.8. The van der Waals surface area contributed by atoms with Crippen LogP contribution >= 0.6 is 0 Å². The number of azo groups is 1. The van der Waals surface area contributed by atoms with Crippen molar-refractivity contribution in [3.8, 4) is 0 Å². The van der Waals surface area contributed by atoms with Crippen LogP contribution in [0.4, 0.5) is 0 Å². The van der Waals surface area contributed by atoms with Crippen LogP contribution in [0.5, 0.6) is 0 Å². The first-order chi connectivity index (χ1) is 7.94. The number of rotatable bonds is 6. The van der Waals surface area contributed by atoms with Crippen molar-refractivity contribution >= 4 is 11.9 Å². The monoisotopic (exact) mass is 258 g/mol. The van der Waals surface area contributed by atoms with Crippen LogP contribution < -0.4 is 0 Å². The molecule has 0 amide bonds. The van der Waals surface area contributed by atoms with Gasteiger partial charge in [0.25, 0.3) is 0 Å². The number of carboxylic acids is 2. The summed E-state index contributed by atoms with van der Waals surface area (Å²) in [6.07, 6.45) is 0. The second kappa shape index (κ2) is 5.46. The molecule has 18 heavy (non-hydrogen) atoms. The van der Waals surface area contributed by atoms with Gasteiger partial charge in [-0.3, -0.25) is 9.59 Å². The first-order valence-electron chi connectivity index (χ1n) is 5.80. The fourth-order valence-electron chi connectivity index (χ4n) is 0.846. The molecule has 2 atom stereocenters. The van der Waals surface area contributed by atoms with E-state index in [4.69, 9.17) is 10.2 Å². The molecule has 0 radical (unpaired) electrons. The van der Waals surface area contributed by atoms with Crippen molar-refractivity contribution in [2.24, 2.45) is 21.1 Å². The van der Waals surface area contributed by atoms with Crippen molar-refractivity contribution in [1.29, 1.82) is 0 Å². The van der Waals surface area contributed by atoms with E-state index in [1.165, 1.54) is 0 Å². The largest absolute Gasteiger partial charge is 0.481 e. The molecule has 0 fully saturated rings. The molecule has 0 spiro atoms. The van der Waals surface area contributed by atoms with Gasteiger partial charge in [0, 0.05) is 0 Å². The summed E-state index contributed by atoms with van der Waals surface area (Å²) in [7, 11) is 0. The van der Waals surface area contributed by atoms with E-state index in [0.29, 0.717) is 0 Å². The molecule has 0 aromatic heterocycles. The third-order valence-electron chi connectivity index (χ3n) is 3.60. The lowest BCUT2D eigenvalue weighted by atomic mass is 9.85. The lowest BCUT2D eigenvalue weighted by molar-refractivity contribution is -0.149. The molecule has 0 bridgehead atoms. The highest BCUT2D eigenvalue weighted by Gasteiger charge is 2.36. The maximum atomic E-state index is 11.0. The van der Waals surface area contributed by atoms with Crippen molar-refractivity contribution in [3.05, 3.63) is 0 Å². The average Bonchev–Trinajstić information content (AvgIpc) is 2.24. The maximum Gasteiger partial charge on any atom is 0.311 e. The molecule has 2 unspecified atom stereocenters. The van der Waals surface area contributed by atoms with E-state index >= 15 is 0 Å². The van der Waals surface area contributed by atoms with Crippen LogP contribution in [0.3, 0.4) is 0 Å². The number of hydrogen-bond donors (Lipinski definition) is 2. The Kier molecular flexibility index (Phi) is 5.01. The Hall–Kier alpha value is -1.46. The summed E-state index contributed by atoms with van der Waals surface area (Å²) in [4.78, 5) is 22.0. The summed E-state index contributed by atoms with van der Waals surface area (Å²) in [6.45, 7) is 9.55. The normalized spacial score (nSPS) is 16.6. The van der Waals surface area contributed by atoms with E-state index in [-0.39, 0.29) is 0 Å². The third-order valence-corrected chi connectivity index (χ3v) is 3.60. The summed E-state index contributed by atoms with van der Waals surface area (Å²) in [6, 6.07) is -1.05. The molecular formula is C12H22N2O4. The van der Waals surface area contributed by atoms with Gasteiger partial charge in [0.2, 0.25) is 0 Å². The van der Waals surface area contributed by atoms with Crippen molar-refractivity contribution in [3.63, 3.8) is 0 Å². The Bertz CT molecular complexity index is 327. The number of aliphatic carboxylic acids is 2. The fraction of sp³-hybridized carbons (Fsp3) is 0.833. The van der Waals surface area contributed by atoms with Gasteiger partial charge >= 0.3 is 11.9 Å². The SMILES string of the molecule is CC(/N=N/C(C)C(C)(C)C(=O)O)C(C)(C)C(=O)O. The predicted molar refractivity (Wildman–Crippen MR) is 66.6 cm³/mol. The van der Waals surface area contributed by atoms with Crippen LogP contribution in [0, 0.1) is 10.8 Å². The maximum absolute atomic E-state index is 11.0. The van der Waals surface area contributed by atoms with Crippen LogP contribution in [0.25, 0.3) is 0 Å². The number of carbonyl (C=O) groups is 2. The summed E-state index contributed by atoms with van der Waals surface area (Å²) in [5, 5.41) is 26.0. The number of nitrogens with zero attached hydrogens (tertiary/aromatic N) is 2. The van der Waals surface area contributed by atoms with E-state index in [9.17, 15) is 9.59 Å². The van der Waals surface area contributed by atoms with Crippen LogP contribution in [-0.4, -0.2) is 34.2 Å². The van der Waals surface area contributed by atoms with Gasteiger partial charge in [-0.1, -0.05) is 0 Å². The molecule has 0 aromatic carbocycles. The zero-order chi connectivity index (χ0) is 14.7. The summed E-state index contributed by atoms with van der Waals surface area (Å²) < 4.78 is 0. The molecule has 0 aliphatic rings. The summed E-state index contributed by atoms with van der Waals surface area (Å²) >= 11 is 0. The van der Waals surface area contributed by atoms with Gasteiger partial charge in [0.05, 0.1) is 22.9 Å². The van der Waals surface area contributed by atoms with E-state index in [0.717, 1.165) is 0 Å². The summed E-state index contributed by atoms with van der Waals surface area (Å²) in [5.41, 5.74) is -2.06. The quantitative estimate of drug-likeness (QED) is 0.714. The van der Waals surface area contributed by atoms with Gasteiger partial charge in [-0.2, -0.15) is 10.2 Å². The Morgan fingerprint density at radius 3 is 1.22 bits per heavy atom. The molecule has 0 aromatic rings. The van der Waals surface area contributed by atoms with Crippen LogP contribution in [0.2, 0.25) is 0 Å². The van der Waals surface area contributed by atoms with Gasteiger partial charge in [-0.25, -0.2) is 0 Å². The molecule has 0 saturated heterocycles. The minimum Gasteiger partial charge on any atom is -0.481 e. The second-order valence-corrected chi connectivity index (χ2v) is 5.64. The summed E-state index contributed by atoms with van der Waals surface area (Å²) in [5.74, 6) is -1.92. The third kappa shape index (κ3) is 3.51. The number of carboxylic acid groups (broad SMARTS) is 2. The highest BCUT2D eigenvalue weighted by Crippen LogP contribution is 2.27. The van der Waals surface area contributed by atoms with E-state index in [2.05, 4.69) is 10.2 Å². The molecule has 2 N–H and O–H groups in total.